The third-order valence-electron chi connectivity index (χ3n) is 5.06. The summed E-state index contributed by atoms with van der Waals surface area (Å²) in [4.78, 5) is 35.2. The number of hydrogen-bond donors (Lipinski definition) is 3. The molecule has 1 heterocycles. The molecule has 3 rings (SSSR count). The lowest BCUT2D eigenvalue weighted by molar-refractivity contribution is -0.122. The average Bonchev–Trinajstić information content (AvgIpc) is 3.06. The summed E-state index contributed by atoms with van der Waals surface area (Å²) >= 11 is 1.20. The molecule has 154 valence electrons. The highest BCUT2D eigenvalue weighted by molar-refractivity contribution is 8.15. The van der Waals surface area contributed by atoms with Crippen LogP contribution in [0.3, 0.4) is 0 Å². The number of nitrogens with one attached hydrogen (secondary N) is 2. The second-order valence-electron chi connectivity index (χ2n) is 7.21. The lowest BCUT2D eigenvalue weighted by Gasteiger charge is -2.20. The second-order valence-corrected chi connectivity index (χ2v) is 8.40. The van der Waals surface area contributed by atoms with E-state index in [9.17, 15) is 14.4 Å². The van der Waals surface area contributed by atoms with Crippen molar-refractivity contribution in [2.24, 2.45) is 16.1 Å². The summed E-state index contributed by atoms with van der Waals surface area (Å²) in [6.07, 6.45) is 5.97. The van der Waals surface area contributed by atoms with Gasteiger partial charge in [0, 0.05) is 17.8 Å². The molecule has 1 saturated carbocycles. The van der Waals surface area contributed by atoms with Crippen LogP contribution >= 0.6 is 11.8 Å². The van der Waals surface area contributed by atoms with Crippen molar-refractivity contribution in [3.05, 3.63) is 29.8 Å². The molecule has 3 N–H and O–H groups in total. The molecule has 0 spiro atoms. The Labute approximate surface area is 173 Å². The normalized spacial score (nSPS) is 21.8. The van der Waals surface area contributed by atoms with Crippen LogP contribution < -0.4 is 10.6 Å². The molecular weight excluding hydrogens is 392 g/mol. The SMILES string of the molecule is C/C(=N\N=C1\NC(=O)C(CC(=O)Nc2ccc(C(=O)O)cc2)S1)C1CCCCC1. The van der Waals surface area contributed by atoms with Gasteiger partial charge in [-0.05, 0) is 49.9 Å². The molecule has 9 heteroatoms. The number of amides is 2. The number of anilines is 1. The molecule has 0 radical (unpaired) electrons. The van der Waals surface area contributed by atoms with Crippen LogP contribution in [-0.2, 0) is 9.59 Å². The minimum atomic E-state index is -1.03. The lowest BCUT2D eigenvalue weighted by atomic mass is 9.86. The van der Waals surface area contributed by atoms with Gasteiger partial charge >= 0.3 is 5.97 Å². The van der Waals surface area contributed by atoms with E-state index in [1.165, 1.54) is 55.3 Å². The number of carboxylic acid groups (broad SMARTS) is 1. The highest BCUT2D eigenvalue weighted by Crippen LogP contribution is 2.26. The molecule has 1 aliphatic heterocycles. The van der Waals surface area contributed by atoms with Crippen molar-refractivity contribution in [1.29, 1.82) is 0 Å². The van der Waals surface area contributed by atoms with E-state index in [2.05, 4.69) is 20.8 Å². The molecule has 1 unspecified atom stereocenters. The number of hydrogen-bond acceptors (Lipinski definition) is 6. The number of amidine groups is 1. The van der Waals surface area contributed by atoms with Crippen molar-refractivity contribution in [2.75, 3.05) is 5.32 Å². The average molecular weight is 417 g/mol. The summed E-state index contributed by atoms with van der Waals surface area (Å²) < 4.78 is 0. The monoisotopic (exact) mass is 416 g/mol. The molecule has 2 fully saturated rings. The van der Waals surface area contributed by atoms with Gasteiger partial charge in [-0.1, -0.05) is 31.0 Å². The molecule has 2 aliphatic rings. The smallest absolute Gasteiger partial charge is 0.335 e. The summed E-state index contributed by atoms with van der Waals surface area (Å²) in [5, 5.41) is 22.5. The third kappa shape index (κ3) is 5.90. The first-order valence-electron chi connectivity index (χ1n) is 9.65. The van der Waals surface area contributed by atoms with Crippen LogP contribution in [-0.4, -0.2) is 39.0 Å². The number of thioether (sulfide) groups is 1. The first-order chi connectivity index (χ1) is 13.9. The Morgan fingerprint density at radius 1 is 1.21 bits per heavy atom. The van der Waals surface area contributed by atoms with Crippen molar-refractivity contribution in [2.45, 2.75) is 50.7 Å². The van der Waals surface area contributed by atoms with Crippen LogP contribution in [0.4, 0.5) is 5.69 Å². The number of nitrogens with zero attached hydrogens (tertiary/aromatic N) is 2. The number of carbonyl (C=O) groups is 3. The molecule has 0 aromatic heterocycles. The van der Waals surface area contributed by atoms with Crippen molar-refractivity contribution in [1.82, 2.24) is 5.32 Å². The maximum Gasteiger partial charge on any atom is 0.335 e. The van der Waals surface area contributed by atoms with E-state index in [4.69, 9.17) is 5.11 Å². The highest BCUT2D eigenvalue weighted by Gasteiger charge is 2.32. The van der Waals surface area contributed by atoms with Gasteiger partial charge < -0.3 is 15.7 Å². The second kappa shape index (κ2) is 9.69. The zero-order valence-electron chi connectivity index (χ0n) is 16.2. The number of benzene rings is 1. The molecular formula is C20H24N4O4S. The number of rotatable bonds is 6. The fourth-order valence-electron chi connectivity index (χ4n) is 3.39. The molecule has 2 amide bonds. The predicted molar refractivity (Wildman–Crippen MR) is 113 cm³/mol. The summed E-state index contributed by atoms with van der Waals surface area (Å²) in [6.45, 7) is 1.97. The van der Waals surface area contributed by atoms with Crippen LogP contribution in [0.2, 0.25) is 0 Å². The molecule has 0 bridgehead atoms. The van der Waals surface area contributed by atoms with Gasteiger partial charge in [-0.15, -0.1) is 5.10 Å². The predicted octanol–water partition coefficient (Wildman–Crippen LogP) is 3.26. The molecule has 1 aromatic rings. The largest absolute Gasteiger partial charge is 0.478 e. The van der Waals surface area contributed by atoms with E-state index in [-0.39, 0.29) is 23.8 Å². The lowest BCUT2D eigenvalue weighted by Crippen LogP contribution is -2.28. The highest BCUT2D eigenvalue weighted by atomic mass is 32.2. The minimum absolute atomic E-state index is 0.0124. The summed E-state index contributed by atoms with van der Waals surface area (Å²) in [7, 11) is 0. The van der Waals surface area contributed by atoms with Gasteiger partial charge in [0.05, 0.1) is 5.56 Å². The van der Waals surface area contributed by atoms with Crippen molar-refractivity contribution < 1.29 is 19.5 Å². The van der Waals surface area contributed by atoms with Crippen LogP contribution in [0.5, 0.6) is 0 Å². The van der Waals surface area contributed by atoms with Gasteiger partial charge in [0.1, 0.15) is 5.25 Å². The number of aromatic carboxylic acids is 1. The van der Waals surface area contributed by atoms with Crippen LogP contribution in [0, 0.1) is 5.92 Å². The van der Waals surface area contributed by atoms with Crippen LogP contribution in [0.1, 0.15) is 55.8 Å². The maximum atomic E-state index is 12.2. The molecule has 1 atom stereocenters. The van der Waals surface area contributed by atoms with Crippen molar-refractivity contribution in [3.8, 4) is 0 Å². The Balaban J connectivity index is 1.53. The van der Waals surface area contributed by atoms with Gasteiger partial charge in [-0.2, -0.15) is 5.10 Å². The summed E-state index contributed by atoms with van der Waals surface area (Å²) in [5.74, 6) is -1.17. The van der Waals surface area contributed by atoms with Crippen LogP contribution in [0.15, 0.2) is 34.5 Å². The van der Waals surface area contributed by atoms with Gasteiger partial charge in [0.15, 0.2) is 5.17 Å². The molecule has 1 aromatic carbocycles. The van der Waals surface area contributed by atoms with E-state index in [0.717, 1.165) is 18.6 Å². The van der Waals surface area contributed by atoms with Gasteiger partial charge in [-0.3, -0.25) is 9.59 Å². The van der Waals surface area contributed by atoms with Crippen molar-refractivity contribution >= 4 is 46.1 Å². The Hall–Kier alpha value is -2.68. The quantitative estimate of drug-likeness (QED) is 0.486. The van der Waals surface area contributed by atoms with E-state index in [0.29, 0.717) is 16.8 Å². The molecule has 8 nitrogen and oxygen atoms in total. The number of carboxylic acids is 1. The van der Waals surface area contributed by atoms with Crippen LogP contribution in [0.25, 0.3) is 0 Å². The fourth-order valence-corrected chi connectivity index (χ4v) is 4.31. The molecule has 29 heavy (non-hydrogen) atoms. The zero-order chi connectivity index (χ0) is 20.8. The number of carbonyl (C=O) groups excluding carboxylic acids is 2. The van der Waals surface area contributed by atoms with Crippen molar-refractivity contribution in [3.63, 3.8) is 0 Å². The molecule has 1 saturated heterocycles. The Kier molecular flexibility index (Phi) is 7.03. The Bertz CT molecular complexity index is 845. The van der Waals surface area contributed by atoms with Gasteiger partial charge in [-0.25, -0.2) is 4.79 Å². The van der Waals surface area contributed by atoms with E-state index in [1.807, 2.05) is 6.92 Å². The topological polar surface area (TPSA) is 120 Å². The van der Waals surface area contributed by atoms with E-state index < -0.39 is 11.2 Å². The minimum Gasteiger partial charge on any atom is -0.478 e. The fraction of sp³-hybridized carbons (Fsp3) is 0.450. The zero-order valence-corrected chi connectivity index (χ0v) is 17.0. The van der Waals surface area contributed by atoms with E-state index >= 15 is 0 Å². The maximum absolute atomic E-state index is 12.2. The third-order valence-corrected chi connectivity index (χ3v) is 6.13. The Morgan fingerprint density at radius 2 is 1.90 bits per heavy atom. The Morgan fingerprint density at radius 3 is 2.55 bits per heavy atom. The summed E-state index contributed by atoms with van der Waals surface area (Å²) in [5.41, 5.74) is 1.60. The summed E-state index contributed by atoms with van der Waals surface area (Å²) in [6, 6.07) is 5.84. The first-order valence-corrected chi connectivity index (χ1v) is 10.5. The van der Waals surface area contributed by atoms with E-state index in [1.54, 1.807) is 0 Å². The standard InChI is InChI=1S/C20H24N4O4S/c1-12(13-5-3-2-4-6-13)23-24-20-22-18(26)16(29-20)11-17(25)21-15-9-7-14(8-10-15)19(27)28/h7-10,13,16H,2-6,11H2,1H3,(H,21,25)(H,27,28)(H,22,24,26)/b23-12+. The van der Waals surface area contributed by atoms with Gasteiger partial charge in [0.2, 0.25) is 11.8 Å². The first kappa shape index (κ1) is 21.0. The molecule has 1 aliphatic carbocycles. The van der Waals surface area contributed by atoms with Gasteiger partial charge in [0.25, 0.3) is 0 Å².